The molecule has 21 heavy (non-hydrogen) atoms. The molecule has 2 aliphatic rings. The van der Waals surface area contributed by atoms with Gasteiger partial charge in [0.2, 0.25) is 0 Å². The summed E-state index contributed by atoms with van der Waals surface area (Å²) in [7, 11) is 4.14. The third kappa shape index (κ3) is 4.28. The Bertz CT molecular complexity index is 352. The third-order valence-corrected chi connectivity index (χ3v) is 6.36. The lowest BCUT2D eigenvalue weighted by Crippen LogP contribution is -2.55. The van der Waals surface area contributed by atoms with E-state index in [1.165, 1.54) is 19.3 Å². The average molecular weight is 314 g/mol. The van der Waals surface area contributed by atoms with Crippen molar-refractivity contribution in [2.24, 2.45) is 5.92 Å². The molecule has 2 amide bonds. The van der Waals surface area contributed by atoms with Gasteiger partial charge < -0.3 is 15.1 Å². The van der Waals surface area contributed by atoms with E-state index in [-0.39, 0.29) is 6.03 Å². The molecule has 0 aromatic heterocycles. The topological polar surface area (TPSA) is 35.6 Å². The summed E-state index contributed by atoms with van der Waals surface area (Å²) in [6, 6.07) is 0.852. The summed E-state index contributed by atoms with van der Waals surface area (Å²) in [5.74, 6) is 0.544. The molecule has 2 rings (SSSR count). The first-order valence-electron chi connectivity index (χ1n) is 8.27. The van der Waals surface area contributed by atoms with Crippen LogP contribution in [0.2, 0.25) is 0 Å². The molecule has 1 heterocycles. The highest BCUT2D eigenvalue weighted by molar-refractivity contribution is 7.99. The Morgan fingerprint density at radius 1 is 1.29 bits per heavy atom. The van der Waals surface area contributed by atoms with Gasteiger partial charge in [-0.3, -0.25) is 0 Å². The van der Waals surface area contributed by atoms with Crippen molar-refractivity contribution in [3.63, 3.8) is 0 Å². The summed E-state index contributed by atoms with van der Waals surface area (Å²) >= 11 is 1.90. The fraction of sp³-hybridized carbons (Fsp3) is 0.938. The van der Waals surface area contributed by atoms with E-state index in [9.17, 15) is 4.79 Å². The van der Waals surface area contributed by atoms with Crippen LogP contribution in [-0.4, -0.2) is 66.6 Å². The number of piperidine rings is 1. The predicted octanol–water partition coefficient (Wildman–Crippen LogP) is 2.64. The van der Waals surface area contributed by atoms with Gasteiger partial charge in [0.1, 0.15) is 0 Å². The maximum Gasteiger partial charge on any atom is 0.317 e. The first kappa shape index (κ1) is 16.9. The van der Waals surface area contributed by atoms with E-state index >= 15 is 0 Å². The van der Waals surface area contributed by atoms with E-state index in [2.05, 4.69) is 30.4 Å². The van der Waals surface area contributed by atoms with Crippen LogP contribution in [0.5, 0.6) is 0 Å². The van der Waals surface area contributed by atoms with E-state index < -0.39 is 0 Å². The molecule has 122 valence electrons. The van der Waals surface area contributed by atoms with Crippen molar-refractivity contribution in [3.8, 4) is 0 Å². The molecule has 0 bridgehead atoms. The predicted molar refractivity (Wildman–Crippen MR) is 90.9 cm³/mol. The van der Waals surface area contributed by atoms with E-state index in [4.69, 9.17) is 0 Å². The average Bonchev–Trinajstić information content (AvgIpc) is 2.47. The Balaban J connectivity index is 1.89. The van der Waals surface area contributed by atoms with Crippen LogP contribution in [0.3, 0.4) is 0 Å². The van der Waals surface area contributed by atoms with Crippen LogP contribution in [-0.2, 0) is 0 Å². The number of amides is 2. The van der Waals surface area contributed by atoms with E-state index in [0.717, 1.165) is 25.9 Å². The lowest BCUT2D eigenvalue weighted by Gasteiger charge is -2.41. The number of hydrogen-bond acceptors (Lipinski definition) is 3. The van der Waals surface area contributed by atoms with Gasteiger partial charge in [0.05, 0.1) is 0 Å². The summed E-state index contributed by atoms with van der Waals surface area (Å²) in [6.07, 6.45) is 8.17. The van der Waals surface area contributed by atoms with E-state index in [0.29, 0.717) is 23.3 Å². The van der Waals surface area contributed by atoms with Crippen LogP contribution in [0.15, 0.2) is 0 Å². The SMILES string of the molecule is CS[C@@H]1CCCC[C@@H]1NC(=O)N(C)[C@@H]1CCN(C)C[C@H]1C. The van der Waals surface area contributed by atoms with Crippen molar-refractivity contribution >= 4 is 17.8 Å². The first-order chi connectivity index (χ1) is 10.0. The second kappa shape index (κ2) is 7.73. The number of rotatable bonds is 3. The van der Waals surface area contributed by atoms with E-state index in [1.54, 1.807) is 0 Å². The Hall–Kier alpha value is -0.420. The van der Waals surface area contributed by atoms with Crippen LogP contribution in [0.25, 0.3) is 0 Å². The van der Waals surface area contributed by atoms with Crippen molar-refractivity contribution in [1.82, 2.24) is 15.1 Å². The number of carbonyl (C=O) groups excluding carboxylic acids is 1. The molecule has 0 aromatic carbocycles. The minimum absolute atomic E-state index is 0.127. The zero-order chi connectivity index (χ0) is 15.4. The second-order valence-corrected chi connectivity index (χ2v) is 7.90. The van der Waals surface area contributed by atoms with Crippen molar-refractivity contribution in [2.75, 3.05) is 33.4 Å². The molecule has 2 fully saturated rings. The largest absolute Gasteiger partial charge is 0.334 e. The number of nitrogens with one attached hydrogen (secondary N) is 1. The number of carbonyl (C=O) groups is 1. The zero-order valence-corrected chi connectivity index (χ0v) is 14.8. The number of hydrogen-bond donors (Lipinski definition) is 1. The fourth-order valence-corrected chi connectivity index (χ4v) is 4.81. The highest BCUT2D eigenvalue weighted by Gasteiger charge is 2.32. The normalized spacial score (nSPS) is 34.5. The monoisotopic (exact) mass is 313 g/mol. The van der Waals surface area contributed by atoms with Gasteiger partial charge in [-0.05, 0) is 45.0 Å². The van der Waals surface area contributed by atoms with Gasteiger partial charge in [-0.2, -0.15) is 11.8 Å². The van der Waals surface area contributed by atoms with Gasteiger partial charge in [0.15, 0.2) is 0 Å². The molecular weight excluding hydrogens is 282 g/mol. The molecule has 1 aliphatic heterocycles. The molecule has 4 nitrogen and oxygen atoms in total. The number of likely N-dealkylation sites (tertiary alicyclic amines) is 1. The van der Waals surface area contributed by atoms with Gasteiger partial charge in [-0.15, -0.1) is 0 Å². The third-order valence-electron chi connectivity index (χ3n) is 5.20. The molecule has 5 heteroatoms. The van der Waals surface area contributed by atoms with Crippen LogP contribution in [0.1, 0.15) is 39.0 Å². The van der Waals surface area contributed by atoms with Crippen molar-refractivity contribution in [3.05, 3.63) is 0 Å². The maximum atomic E-state index is 12.6. The molecule has 4 atom stereocenters. The van der Waals surface area contributed by atoms with Crippen LogP contribution in [0, 0.1) is 5.92 Å². The molecule has 0 aromatic rings. The Morgan fingerprint density at radius 2 is 2.00 bits per heavy atom. The van der Waals surface area contributed by atoms with Gasteiger partial charge in [0.25, 0.3) is 0 Å². The fourth-order valence-electron chi connectivity index (χ4n) is 3.87. The Kier molecular flexibility index (Phi) is 6.23. The first-order valence-corrected chi connectivity index (χ1v) is 9.56. The quantitative estimate of drug-likeness (QED) is 0.870. The highest BCUT2D eigenvalue weighted by atomic mass is 32.2. The number of nitrogens with zero attached hydrogens (tertiary/aromatic N) is 2. The molecule has 0 spiro atoms. The molecule has 0 radical (unpaired) electrons. The summed E-state index contributed by atoms with van der Waals surface area (Å²) in [4.78, 5) is 16.9. The molecule has 1 N–H and O–H groups in total. The van der Waals surface area contributed by atoms with Crippen LogP contribution >= 0.6 is 11.8 Å². The van der Waals surface area contributed by atoms with Gasteiger partial charge >= 0.3 is 6.03 Å². The van der Waals surface area contributed by atoms with Gasteiger partial charge in [-0.25, -0.2) is 4.79 Å². The molecule has 1 aliphatic carbocycles. The standard InChI is InChI=1S/C16H31N3OS/c1-12-11-18(2)10-9-14(12)19(3)16(20)17-13-7-5-6-8-15(13)21-4/h12-15H,5-11H2,1-4H3,(H,17,20)/t12-,13+,14-,15-/m1/s1. The van der Waals surface area contributed by atoms with Crippen molar-refractivity contribution in [1.29, 1.82) is 0 Å². The number of urea groups is 1. The summed E-state index contributed by atoms with van der Waals surface area (Å²) < 4.78 is 0. The smallest absolute Gasteiger partial charge is 0.317 e. The van der Waals surface area contributed by atoms with Gasteiger partial charge in [0, 0.05) is 30.9 Å². The zero-order valence-electron chi connectivity index (χ0n) is 14.0. The van der Waals surface area contributed by atoms with Gasteiger partial charge in [-0.1, -0.05) is 19.8 Å². The minimum atomic E-state index is 0.127. The van der Waals surface area contributed by atoms with Crippen molar-refractivity contribution < 1.29 is 4.79 Å². The maximum absolute atomic E-state index is 12.6. The summed E-state index contributed by atoms with van der Waals surface area (Å²) in [5.41, 5.74) is 0. The second-order valence-electron chi connectivity index (χ2n) is 6.82. The summed E-state index contributed by atoms with van der Waals surface area (Å²) in [6.45, 7) is 4.43. The van der Waals surface area contributed by atoms with Crippen molar-refractivity contribution in [2.45, 2.75) is 56.4 Å². The molecular formula is C16H31N3OS. The lowest BCUT2D eigenvalue weighted by molar-refractivity contribution is 0.105. The minimum Gasteiger partial charge on any atom is -0.334 e. The highest BCUT2D eigenvalue weighted by Crippen LogP contribution is 2.27. The molecule has 1 saturated heterocycles. The molecule has 1 saturated carbocycles. The van der Waals surface area contributed by atoms with Crippen LogP contribution in [0.4, 0.5) is 4.79 Å². The Labute approximate surface area is 134 Å². The summed E-state index contributed by atoms with van der Waals surface area (Å²) in [5, 5.41) is 3.89. The number of thioether (sulfide) groups is 1. The molecule has 0 unspecified atom stereocenters. The van der Waals surface area contributed by atoms with Crippen LogP contribution < -0.4 is 5.32 Å². The Morgan fingerprint density at radius 3 is 2.67 bits per heavy atom. The lowest BCUT2D eigenvalue weighted by atomic mass is 9.93. The van der Waals surface area contributed by atoms with E-state index in [1.807, 2.05) is 23.7 Å².